The van der Waals surface area contributed by atoms with E-state index in [0.717, 1.165) is 13.1 Å². The zero-order valence-corrected chi connectivity index (χ0v) is 11.5. The molecule has 1 aliphatic heterocycles. The van der Waals surface area contributed by atoms with E-state index in [1.165, 1.54) is 0 Å². The van der Waals surface area contributed by atoms with Gasteiger partial charge >= 0.3 is 6.03 Å². The lowest BCUT2D eigenvalue weighted by atomic mass is 10.0. The van der Waals surface area contributed by atoms with E-state index >= 15 is 0 Å². The van der Waals surface area contributed by atoms with Crippen molar-refractivity contribution in [2.45, 2.75) is 26.3 Å². The lowest BCUT2D eigenvalue weighted by molar-refractivity contribution is -0.120. The summed E-state index contributed by atoms with van der Waals surface area (Å²) in [6, 6.07) is -0.760. The molecule has 0 bridgehead atoms. The molecule has 1 rings (SSSR count). The van der Waals surface area contributed by atoms with Gasteiger partial charge in [-0.2, -0.15) is 0 Å². The summed E-state index contributed by atoms with van der Waals surface area (Å²) >= 11 is 0. The number of nitrogens with zero attached hydrogens (tertiary/aromatic N) is 2. The van der Waals surface area contributed by atoms with Crippen molar-refractivity contribution in [2.75, 3.05) is 33.2 Å². The molecule has 0 aromatic carbocycles. The lowest BCUT2D eigenvalue weighted by Gasteiger charge is -2.33. The molecule has 104 valence electrons. The van der Waals surface area contributed by atoms with Crippen molar-refractivity contribution in [3.05, 3.63) is 0 Å². The first-order valence-corrected chi connectivity index (χ1v) is 6.43. The van der Waals surface area contributed by atoms with Gasteiger partial charge in [0, 0.05) is 26.2 Å². The Morgan fingerprint density at radius 1 is 1.22 bits per heavy atom. The summed E-state index contributed by atoms with van der Waals surface area (Å²) in [5.41, 5.74) is 5.30. The van der Waals surface area contributed by atoms with E-state index in [-0.39, 0.29) is 6.03 Å². The predicted octanol–water partition coefficient (Wildman–Crippen LogP) is -0.157. The Labute approximate surface area is 108 Å². The molecule has 18 heavy (non-hydrogen) atoms. The number of carbonyl (C=O) groups is 2. The normalized spacial score (nSPS) is 18.8. The molecule has 1 atom stereocenters. The Bertz CT molecular complexity index is 298. The van der Waals surface area contributed by atoms with Gasteiger partial charge in [0.15, 0.2) is 0 Å². The van der Waals surface area contributed by atoms with E-state index in [4.69, 9.17) is 5.73 Å². The molecule has 0 aliphatic carbocycles. The summed E-state index contributed by atoms with van der Waals surface area (Å²) < 4.78 is 0. The molecule has 0 unspecified atom stereocenters. The van der Waals surface area contributed by atoms with Crippen molar-refractivity contribution in [2.24, 2.45) is 11.7 Å². The summed E-state index contributed by atoms with van der Waals surface area (Å²) in [4.78, 5) is 27.2. The molecule has 0 radical (unpaired) electrons. The van der Waals surface area contributed by atoms with Gasteiger partial charge < -0.3 is 20.9 Å². The Kier molecular flexibility index (Phi) is 5.40. The number of nitrogens with two attached hydrogens (primary N) is 1. The van der Waals surface area contributed by atoms with Gasteiger partial charge in [0.25, 0.3) is 0 Å². The zero-order valence-electron chi connectivity index (χ0n) is 11.5. The van der Waals surface area contributed by atoms with E-state index in [1.54, 1.807) is 4.90 Å². The van der Waals surface area contributed by atoms with Gasteiger partial charge in [-0.3, -0.25) is 4.79 Å². The van der Waals surface area contributed by atoms with Gasteiger partial charge in [-0.05, 0) is 19.4 Å². The number of nitrogens with one attached hydrogen (secondary N) is 1. The number of piperazine rings is 1. The monoisotopic (exact) mass is 256 g/mol. The fourth-order valence-corrected chi connectivity index (χ4v) is 1.97. The Hall–Kier alpha value is -1.30. The first-order chi connectivity index (χ1) is 8.40. The highest BCUT2D eigenvalue weighted by molar-refractivity contribution is 5.85. The van der Waals surface area contributed by atoms with Crippen molar-refractivity contribution in [1.29, 1.82) is 0 Å². The van der Waals surface area contributed by atoms with Crippen LogP contribution in [-0.4, -0.2) is 61.0 Å². The molecule has 0 aromatic heterocycles. The van der Waals surface area contributed by atoms with Gasteiger partial charge in [-0.15, -0.1) is 0 Å². The van der Waals surface area contributed by atoms with E-state index in [1.807, 2.05) is 20.9 Å². The van der Waals surface area contributed by atoms with Crippen LogP contribution in [0.25, 0.3) is 0 Å². The van der Waals surface area contributed by atoms with E-state index in [0.29, 0.717) is 25.4 Å². The molecule has 0 aromatic rings. The van der Waals surface area contributed by atoms with Crippen molar-refractivity contribution in [1.82, 2.24) is 15.1 Å². The SMILES string of the molecule is CC(C)C[C@H](NC(=O)N1CCN(C)CC1)C(N)=O. The molecular formula is C12H24N4O2. The molecule has 1 aliphatic rings. The number of amides is 3. The topological polar surface area (TPSA) is 78.7 Å². The molecule has 1 saturated heterocycles. The van der Waals surface area contributed by atoms with Crippen LogP contribution in [0.15, 0.2) is 0 Å². The molecule has 1 fully saturated rings. The zero-order chi connectivity index (χ0) is 13.7. The average molecular weight is 256 g/mol. The summed E-state index contributed by atoms with van der Waals surface area (Å²) in [7, 11) is 2.03. The minimum absolute atomic E-state index is 0.187. The molecule has 3 amide bonds. The van der Waals surface area contributed by atoms with Gasteiger partial charge in [-0.25, -0.2) is 4.79 Å². The second-order valence-electron chi connectivity index (χ2n) is 5.32. The maximum Gasteiger partial charge on any atom is 0.318 e. The molecule has 6 heteroatoms. The van der Waals surface area contributed by atoms with Crippen LogP contribution in [0.1, 0.15) is 20.3 Å². The molecule has 0 spiro atoms. The van der Waals surface area contributed by atoms with Crippen LogP contribution in [-0.2, 0) is 4.79 Å². The van der Waals surface area contributed by atoms with Crippen molar-refractivity contribution < 1.29 is 9.59 Å². The number of rotatable bonds is 4. The van der Waals surface area contributed by atoms with Crippen LogP contribution in [0.3, 0.4) is 0 Å². The summed E-state index contributed by atoms with van der Waals surface area (Å²) in [6.07, 6.45) is 0.578. The average Bonchev–Trinajstić information content (AvgIpc) is 2.28. The third-order valence-corrected chi connectivity index (χ3v) is 3.14. The van der Waals surface area contributed by atoms with Crippen LogP contribution in [0.5, 0.6) is 0 Å². The largest absolute Gasteiger partial charge is 0.368 e. The number of hydrogen-bond acceptors (Lipinski definition) is 3. The smallest absolute Gasteiger partial charge is 0.318 e. The minimum Gasteiger partial charge on any atom is -0.368 e. The number of primary amides is 1. The number of hydrogen-bond donors (Lipinski definition) is 2. The second-order valence-corrected chi connectivity index (χ2v) is 5.32. The highest BCUT2D eigenvalue weighted by atomic mass is 16.2. The summed E-state index contributed by atoms with van der Waals surface area (Å²) in [5.74, 6) is -0.151. The fourth-order valence-electron chi connectivity index (χ4n) is 1.97. The standard InChI is InChI=1S/C12H24N4O2/c1-9(2)8-10(11(13)17)14-12(18)16-6-4-15(3)5-7-16/h9-10H,4-8H2,1-3H3,(H2,13,17)(H,14,18)/t10-/m0/s1. The van der Waals surface area contributed by atoms with E-state index in [9.17, 15) is 9.59 Å². The molecule has 3 N–H and O–H groups in total. The van der Waals surface area contributed by atoms with Gasteiger partial charge in [0.05, 0.1) is 0 Å². The van der Waals surface area contributed by atoms with Crippen LogP contribution >= 0.6 is 0 Å². The van der Waals surface area contributed by atoms with Crippen molar-refractivity contribution in [3.63, 3.8) is 0 Å². The number of urea groups is 1. The van der Waals surface area contributed by atoms with Gasteiger partial charge in [0.1, 0.15) is 6.04 Å². The van der Waals surface area contributed by atoms with Crippen LogP contribution < -0.4 is 11.1 Å². The third kappa shape index (κ3) is 4.52. The first kappa shape index (κ1) is 14.8. The highest BCUT2D eigenvalue weighted by Crippen LogP contribution is 2.06. The quantitative estimate of drug-likeness (QED) is 0.734. The predicted molar refractivity (Wildman–Crippen MR) is 70.0 cm³/mol. The minimum atomic E-state index is -0.572. The van der Waals surface area contributed by atoms with Gasteiger partial charge in [0.2, 0.25) is 5.91 Å². The maximum atomic E-state index is 12.0. The Morgan fingerprint density at radius 2 is 1.78 bits per heavy atom. The number of likely N-dealkylation sites (N-methyl/N-ethyl adjacent to an activating group) is 1. The first-order valence-electron chi connectivity index (χ1n) is 6.43. The maximum absolute atomic E-state index is 12.0. The molecule has 0 saturated carbocycles. The Balaban J connectivity index is 2.48. The van der Waals surface area contributed by atoms with Crippen LogP contribution in [0.4, 0.5) is 4.79 Å². The highest BCUT2D eigenvalue weighted by Gasteiger charge is 2.24. The third-order valence-electron chi connectivity index (χ3n) is 3.14. The van der Waals surface area contributed by atoms with Crippen LogP contribution in [0.2, 0.25) is 0 Å². The van der Waals surface area contributed by atoms with Gasteiger partial charge in [-0.1, -0.05) is 13.8 Å². The van der Waals surface area contributed by atoms with Crippen LogP contribution in [0, 0.1) is 5.92 Å². The summed E-state index contributed by atoms with van der Waals surface area (Å²) in [6.45, 7) is 7.10. The lowest BCUT2D eigenvalue weighted by Crippen LogP contribution is -2.55. The molecular weight excluding hydrogens is 232 g/mol. The molecule has 6 nitrogen and oxygen atoms in total. The summed E-state index contributed by atoms with van der Waals surface area (Å²) in [5, 5.41) is 2.73. The molecule has 1 heterocycles. The van der Waals surface area contributed by atoms with Crippen molar-refractivity contribution in [3.8, 4) is 0 Å². The van der Waals surface area contributed by atoms with Crippen molar-refractivity contribution >= 4 is 11.9 Å². The number of carbonyl (C=O) groups excluding carboxylic acids is 2. The Morgan fingerprint density at radius 3 is 2.22 bits per heavy atom. The fraction of sp³-hybridized carbons (Fsp3) is 0.833. The second kappa shape index (κ2) is 6.58. The van der Waals surface area contributed by atoms with E-state index in [2.05, 4.69) is 10.2 Å². The van der Waals surface area contributed by atoms with E-state index < -0.39 is 11.9 Å².